The van der Waals surface area contributed by atoms with Crippen LogP contribution in [0.1, 0.15) is 13.8 Å². The van der Waals surface area contributed by atoms with Crippen LogP contribution >= 0.6 is 11.6 Å². The minimum absolute atomic E-state index is 0.0437. The van der Waals surface area contributed by atoms with Gasteiger partial charge in [-0.15, -0.1) is 0 Å². The Balaban J connectivity index is 2.99. The molecule has 0 saturated carbocycles. The Hall–Kier alpha value is -0.850. The molecule has 0 radical (unpaired) electrons. The van der Waals surface area contributed by atoms with Crippen LogP contribution in [0.15, 0.2) is 22.0 Å². The predicted molar refractivity (Wildman–Crippen MR) is 62.1 cm³/mol. The summed E-state index contributed by atoms with van der Waals surface area (Å²) in [6.07, 6.45) is 1.12. The van der Waals surface area contributed by atoms with Crippen LogP contribution in [0, 0.1) is 5.92 Å². The lowest BCUT2D eigenvalue weighted by molar-refractivity contribution is 0.560. The van der Waals surface area contributed by atoms with Crippen molar-refractivity contribution in [3.63, 3.8) is 0 Å². The lowest BCUT2D eigenvalue weighted by atomic mass is 10.2. The van der Waals surface area contributed by atoms with Crippen LogP contribution in [0.25, 0.3) is 0 Å². The highest BCUT2D eigenvalue weighted by Crippen LogP contribution is 2.10. The summed E-state index contributed by atoms with van der Waals surface area (Å²) in [4.78, 5) is 13.2. The molecule has 1 heterocycles. The molecule has 0 unspecified atom stereocenters. The minimum Gasteiger partial charge on any atom is -0.326 e. The molecule has 0 aromatic carbocycles. The fourth-order valence-electron chi connectivity index (χ4n) is 0.953. The summed E-state index contributed by atoms with van der Waals surface area (Å²) in [5.74, 6) is 0.202. The van der Waals surface area contributed by atoms with Crippen LogP contribution in [-0.4, -0.2) is 19.9 Å². The molecule has 0 amide bonds. The molecule has 1 rings (SSSR count). The van der Waals surface area contributed by atoms with Crippen molar-refractivity contribution in [1.29, 1.82) is 0 Å². The third kappa shape index (κ3) is 3.33. The van der Waals surface area contributed by atoms with Crippen LogP contribution in [-0.2, 0) is 10.0 Å². The predicted octanol–water partition coefficient (Wildman–Crippen LogP) is 0.963. The number of aromatic amines is 1. The van der Waals surface area contributed by atoms with Gasteiger partial charge in [0.25, 0.3) is 5.56 Å². The molecule has 16 heavy (non-hydrogen) atoms. The van der Waals surface area contributed by atoms with E-state index in [-0.39, 0.29) is 15.8 Å². The first kappa shape index (κ1) is 13.2. The van der Waals surface area contributed by atoms with Gasteiger partial charge in [-0.2, -0.15) is 0 Å². The molecular weight excluding hydrogens is 252 g/mol. The Kier molecular flexibility index (Phi) is 4.12. The van der Waals surface area contributed by atoms with Gasteiger partial charge >= 0.3 is 0 Å². The van der Waals surface area contributed by atoms with Crippen molar-refractivity contribution in [3.05, 3.63) is 27.6 Å². The maximum absolute atomic E-state index is 11.7. The van der Waals surface area contributed by atoms with Crippen molar-refractivity contribution in [2.24, 2.45) is 5.92 Å². The average molecular weight is 265 g/mol. The molecule has 0 aliphatic rings. The molecule has 1 aromatic heterocycles. The second-order valence-corrected chi connectivity index (χ2v) is 5.93. The van der Waals surface area contributed by atoms with Crippen molar-refractivity contribution in [1.82, 2.24) is 9.71 Å². The molecule has 0 fully saturated rings. The van der Waals surface area contributed by atoms with Gasteiger partial charge in [0.15, 0.2) is 0 Å². The van der Waals surface area contributed by atoms with Gasteiger partial charge in [0.2, 0.25) is 10.0 Å². The monoisotopic (exact) mass is 264 g/mol. The number of rotatable bonds is 4. The van der Waals surface area contributed by atoms with Gasteiger partial charge in [0.1, 0.15) is 5.02 Å². The molecule has 0 bridgehead atoms. The molecule has 0 aliphatic carbocycles. The third-order valence-electron chi connectivity index (χ3n) is 1.82. The summed E-state index contributed by atoms with van der Waals surface area (Å²) in [6.45, 7) is 4.11. The van der Waals surface area contributed by atoms with Crippen molar-refractivity contribution in [3.8, 4) is 0 Å². The van der Waals surface area contributed by atoms with Gasteiger partial charge in [-0.25, -0.2) is 13.1 Å². The fraction of sp³-hybridized carbons (Fsp3) is 0.444. The van der Waals surface area contributed by atoms with Gasteiger partial charge in [-0.3, -0.25) is 4.79 Å². The second-order valence-electron chi connectivity index (χ2n) is 3.76. The van der Waals surface area contributed by atoms with Crippen LogP contribution in [0.2, 0.25) is 5.02 Å². The largest absolute Gasteiger partial charge is 0.326 e. The zero-order valence-corrected chi connectivity index (χ0v) is 10.5. The van der Waals surface area contributed by atoms with Gasteiger partial charge < -0.3 is 4.98 Å². The van der Waals surface area contributed by atoms with Gasteiger partial charge in [-0.05, 0) is 12.0 Å². The fourth-order valence-corrected chi connectivity index (χ4v) is 2.40. The van der Waals surface area contributed by atoms with E-state index in [4.69, 9.17) is 11.6 Å². The highest BCUT2D eigenvalue weighted by Gasteiger charge is 2.15. The molecule has 0 spiro atoms. The summed E-state index contributed by atoms with van der Waals surface area (Å²) in [5, 5.41) is -0.146. The van der Waals surface area contributed by atoms with Gasteiger partial charge in [0.05, 0.1) is 4.90 Å². The number of hydrogen-bond acceptors (Lipinski definition) is 3. The van der Waals surface area contributed by atoms with E-state index < -0.39 is 15.6 Å². The molecule has 5 nitrogen and oxygen atoms in total. The SMILES string of the molecule is CC(C)CNS(=O)(=O)c1c[nH]c(=O)c(Cl)c1. The Labute approximate surface area is 98.9 Å². The van der Waals surface area contributed by atoms with Crippen molar-refractivity contribution < 1.29 is 8.42 Å². The topological polar surface area (TPSA) is 79.0 Å². The molecular formula is C9H13ClN2O3S. The van der Waals surface area contributed by atoms with Crippen molar-refractivity contribution >= 4 is 21.6 Å². The zero-order valence-electron chi connectivity index (χ0n) is 8.95. The van der Waals surface area contributed by atoms with Crippen LogP contribution in [0.5, 0.6) is 0 Å². The van der Waals surface area contributed by atoms with Crippen LogP contribution in [0.4, 0.5) is 0 Å². The summed E-state index contributed by atoms with van der Waals surface area (Å²) >= 11 is 5.55. The van der Waals surface area contributed by atoms with Crippen LogP contribution < -0.4 is 10.3 Å². The maximum atomic E-state index is 11.7. The lowest BCUT2D eigenvalue weighted by Crippen LogP contribution is -2.28. The summed E-state index contributed by atoms with van der Waals surface area (Å²) in [7, 11) is -3.60. The van der Waals surface area contributed by atoms with E-state index in [1.165, 1.54) is 0 Å². The lowest BCUT2D eigenvalue weighted by Gasteiger charge is -2.08. The number of sulfonamides is 1. The summed E-state index contributed by atoms with van der Waals surface area (Å²) < 4.78 is 25.8. The van der Waals surface area contributed by atoms with E-state index in [0.717, 1.165) is 12.3 Å². The quantitative estimate of drug-likeness (QED) is 0.850. The molecule has 90 valence electrons. The second kappa shape index (κ2) is 4.99. The van der Waals surface area contributed by atoms with E-state index in [2.05, 4.69) is 9.71 Å². The Morgan fingerprint density at radius 1 is 1.50 bits per heavy atom. The Morgan fingerprint density at radius 2 is 2.12 bits per heavy atom. The van der Waals surface area contributed by atoms with Gasteiger partial charge in [-0.1, -0.05) is 25.4 Å². The molecule has 0 atom stereocenters. The molecule has 0 aliphatic heterocycles. The summed E-state index contributed by atoms with van der Waals surface area (Å²) in [5.41, 5.74) is -0.510. The molecule has 7 heteroatoms. The first-order chi connectivity index (χ1) is 7.33. The van der Waals surface area contributed by atoms with Crippen LogP contribution in [0.3, 0.4) is 0 Å². The van der Waals surface area contributed by atoms with Gasteiger partial charge in [0, 0.05) is 12.7 Å². The minimum atomic E-state index is -3.60. The number of pyridine rings is 1. The number of H-pyrrole nitrogens is 1. The Morgan fingerprint density at radius 3 is 2.62 bits per heavy atom. The van der Waals surface area contributed by atoms with Crippen molar-refractivity contribution in [2.75, 3.05) is 6.54 Å². The average Bonchev–Trinajstić information content (AvgIpc) is 2.19. The number of halogens is 1. The number of aromatic nitrogens is 1. The van der Waals surface area contributed by atoms with E-state index in [0.29, 0.717) is 6.54 Å². The first-order valence-electron chi connectivity index (χ1n) is 4.71. The Bertz CT molecular complexity index is 522. The normalized spacial score (nSPS) is 12.0. The molecule has 1 aromatic rings. The molecule has 0 saturated heterocycles. The summed E-state index contributed by atoms with van der Waals surface area (Å²) in [6, 6.07) is 1.13. The number of hydrogen-bond donors (Lipinski definition) is 2. The standard InChI is InChI=1S/C9H13ClN2O3S/c1-6(2)4-12-16(14,15)7-3-8(10)9(13)11-5-7/h3,5-6,12H,4H2,1-2H3,(H,11,13). The zero-order chi connectivity index (χ0) is 12.3. The van der Waals surface area contributed by atoms with E-state index in [1.807, 2.05) is 13.8 Å². The third-order valence-corrected chi connectivity index (χ3v) is 3.51. The maximum Gasteiger partial charge on any atom is 0.266 e. The van der Waals surface area contributed by atoms with E-state index in [1.54, 1.807) is 0 Å². The van der Waals surface area contributed by atoms with Crippen molar-refractivity contribution in [2.45, 2.75) is 18.7 Å². The number of nitrogens with one attached hydrogen (secondary N) is 2. The first-order valence-corrected chi connectivity index (χ1v) is 6.57. The smallest absolute Gasteiger partial charge is 0.266 e. The highest BCUT2D eigenvalue weighted by molar-refractivity contribution is 7.89. The van der Waals surface area contributed by atoms with E-state index in [9.17, 15) is 13.2 Å². The highest BCUT2D eigenvalue weighted by atomic mass is 35.5. The van der Waals surface area contributed by atoms with E-state index >= 15 is 0 Å². The molecule has 2 N–H and O–H groups in total.